The number of rotatable bonds is 6. The zero-order chi connectivity index (χ0) is 13.7. The highest BCUT2D eigenvalue weighted by molar-refractivity contribution is 5.84. The van der Waals surface area contributed by atoms with Gasteiger partial charge in [-0.2, -0.15) is 0 Å². The van der Waals surface area contributed by atoms with Gasteiger partial charge in [0.05, 0.1) is 5.69 Å². The monoisotopic (exact) mass is 251 g/mol. The van der Waals surface area contributed by atoms with Gasteiger partial charge in [0.2, 0.25) is 0 Å². The molecule has 2 nitrogen and oxygen atoms in total. The van der Waals surface area contributed by atoms with Crippen LogP contribution in [-0.2, 0) is 0 Å². The summed E-state index contributed by atoms with van der Waals surface area (Å²) in [7, 11) is 0. The second-order valence-electron chi connectivity index (χ2n) is 5.49. The minimum Gasteiger partial charge on any atom is -0.368 e. The second-order valence-corrected chi connectivity index (χ2v) is 5.49. The van der Waals surface area contributed by atoms with Gasteiger partial charge in [-0.05, 0) is 24.0 Å². The van der Waals surface area contributed by atoms with Crippen molar-refractivity contribution in [3.63, 3.8) is 0 Å². The van der Waals surface area contributed by atoms with Crippen molar-refractivity contribution in [3.8, 4) is 0 Å². The van der Waals surface area contributed by atoms with Gasteiger partial charge in [0, 0.05) is 18.7 Å². The van der Waals surface area contributed by atoms with E-state index in [4.69, 9.17) is 0 Å². The third-order valence-electron chi connectivity index (χ3n) is 2.63. The van der Waals surface area contributed by atoms with Gasteiger partial charge >= 0.3 is 0 Å². The van der Waals surface area contributed by atoms with Crippen LogP contribution in [0.1, 0.15) is 38.1 Å². The van der Waals surface area contributed by atoms with E-state index < -0.39 is 0 Å². The third kappa shape index (κ3) is 3.83. The number of carbonyl (C=O) groups is 1. The van der Waals surface area contributed by atoms with Crippen LogP contribution in [0, 0.1) is 17.7 Å². The molecule has 0 aliphatic rings. The SMILES string of the molecule is CC(C)CN(CC(C)C)c1c(F)cccc1C=O. The van der Waals surface area contributed by atoms with Gasteiger partial charge in [0.15, 0.2) is 6.29 Å². The fraction of sp³-hybridized carbons (Fsp3) is 0.533. The molecule has 0 radical (unpaired) electrons. The Morgan fingerprint density at radius 2 is 1.72 bits per heavy atom. The maximum Gasteiger partial charge on any atom is 0.152 e. The van der Waals surface area contributed by atoms with E-state index in [0.717, 1.165) is 19.4 Å². The maximum atomic E-state index is 14.0. The molecule has 0 aromatic heterocycles. The number of hydrogen-bond acceptors (Lipinski definition) is 2. The van der Waals surface area contributed by atoms with Gasteiger partial charge in [-0.3, -0.25) is 4.79 Å². The molecule has 0 amide bonds. The van der Waals surface area contributed by atoms with Gasteiger partial charge in [-0.15, -0.1) is 0 Å². The van der Waals surface area contributed by atoms with Crippen LogP contribution in [0.15, 0.2) is 18.2 Å². The molecule has 0 saturated heterocycles. The lowest BCUT2D eigenvalue weighted by molar-refractivity contribution is 0.112. The lowest BCUT2D eigenvalue weighted by atomic mass is 10.1. The second kappa shape index (κ2) is 6.53. The molecule has 0 unspecified atom stereocenters. The van der Waals surface area contributed by atoms with Crippen molar-refractivity contribution in [2.75, 3.05) is 18.0 Å². The van der Waals surface area contributed by atoms with Gasteiger partial charge in [0.25, 0.3) is 0 Å². The summed E-state index contributed by atoms with van der Waals surface area (Å²) in [6, 6.07) is 4.65. The van der Waals surface area contributed by atoms with Crippen molar-refractivity contribution in [1.29, 1.82) is 0 Å². The van der Waals surface area contributed by atoms with Crippen molar-refractivity contribution >= 4 is 12.0 Å². The van der Waals surface area contributed by atoms with Crippen molar-refractivity contribution in [1.82, 2.24) is 0 Å². The molecule has 0 fully saturated rings. The van der Waals surface area contributed by atoms with Crippen LogP contribution in [0.3, 0.4) is 0 Å². The summed E-state index contributed by atoms with van der Waals surface area (Å²) in [5.74, 6) is 0.520. The Labute approximate surface area is 109 Å². The van der Waals surface area contributed by atoms with Crippen molar-refractivity contribution in [2.45, 2.75) is 27.7 Å². The van der Waals surface area contributed by atoms with E-state index in [1.54, 1.807) is 12.1 Å². The first-order valence-corrected chi connectivity index (χ1v) is 6.44. The van der Waals surface area contributed by atoms with Crippen molar-refractivity contribution in [3.05, 3.63) is 29.6 Å². The average Bonchev–Trinajstić information content (AvgIpc) is 2.26. The zero-order valence-electron chi connectivity index (χ0n) is 11.6. The summed E-state index contributed by atoms with van der Waals surface area (Å²) in [4.78, 5) is 13.0. The highest BCUT2D eigenvalue weighted by Gasteiger charge is 2.17. The number of aldehydes is 1. The van der Waals surface area contributed by atoms with E-state index in [-0.39, 0.29) is 5.82 Å². The van der Waals surface area contributed by atoms with Crippen molar-refractivity contribution in [2.24, 2.45) is 11.8 Å². The predicted octanol–water partition coefficient (Wildman–Crippen LogP) is 3.76. The summed E-state index contributed by atoms with van der Waals surface area (Å²) in [5, 5.41) is 0. The molecule has 1 aromatic rings. The van der Waals surface area contributed by atoms with Crippen LogP contribution >= 0.6 is 0 Å². The third-order valence-corrected chi connectivity index (χ3v) is 2.63. The van der Waals surface area contributed by atoms with E-state index in [9.17, 15) is 9.18 Å². The van der Waals surface area contributed by atoms with E-state index >= 15 is 0 Å². The molecule has 1 rings (SSSR count). The predicted molar refractivity (Wildman–Crippen MR) is 73.7 cm³/mol. The minimum atomic E-state index is -0.319. The molecule has 100 valence electrons. The summed E-state index contributed by atoms with van der Waals surface area (Å²) in [5.41, 5.74) is 0.867. The van der Waals surface area contributed by atoms with Crippen LogP contribution in [0.5, 0.6) is 0 Å². The molecule has 0 spiro atoms. The summed E-state index contributed by atoms with van der Waals surface area (Å²) in [6.45, 7) is 9.87. The van der Waals surface area contributed by atoms with E-state index in [0.29, 0.717) is 23.1 Å². The van der Waals surface area contributed by atoms with Crippen LogP contribution in [-0.4, -0.2) is 19.4 Å². The highest BCUT2D eigenvalue weighted by atomic mass is 19.1. The number of nitrogens with zero attached hydrogens (tertiary/aromatic N) is 1. The van der Waals surface area contributed by atoms with E-state index in [2.05, 4.69) is 27.7 Å². The largest absolute Gasteiger partial charge is 0.368 e. The molecule has 0 atom stereocenters. The van der Waals surface area contributed by atoms with Crippen LogP contribution < -0.4 is 4.90 Å². The fourth-order valence-electron chi connectivity index (χ4n) is 2.10. The first-order chi connectivity index (χ1) is 8.45. The maximum absolute atomic E-state index is 14.0. The summed E-state index contributed by atoms with van der Waals surface area (Å²) < 4.78 is 14.0. The van der Waals surface area contributed by atoms with Crippen LogP contribution in [0.25, 0.3) is 0 Å². The van der Waals surface area contributed by atoms with Crippen molar-refractivity contribution < 1.29 is 9.18 Å². The molecule has 18 heavy (non-hydrogen) atoms. The Bertz CT molecular complexity index is 391. The molecular weight excluding hydrogens is 229 g/mol. The number of anilines is 1. The Hall–Kier alpha value is -1.38. The standard InChI is InChI=1S/C15H22FNO/c1-11(2)8-17(9-12(3)4)15-13(10-18)6-5-7-14(15)16/h5-7,10-12H,8-9H2,1-4H3. The van der Waals surface area contributed by atoms with Gasteiger partial charge in [-0.25, -0.2) is 4.39 Å². The number of para-hydroxylation sites is 1. The fourth-order valence-corrected chi connectivity index (χ4v) is 2.10. The quantitative estimate of drug-likeness (QED) is 0.717. The number of benzene rings is 1. The zero-order valence-corrected chi connectivity index (χ0v) is 11.6. The minimum absolute atomic E-state index is 0.319. The Morgan fingerprint density at radius 3 is 2.17 bits per heavy atom. The van der Waals surface area contributed by atoms with E-state index in [1.165, 1.54) is 6.07 Å². The summed E-state index contributed by atoms with van der Waals surface area (Å²) in [6.07, 6.45) is 0.728. The normalized spacial score (nSPS) is 11.1. The first kappa shape index (κ1) is 14.7. The van der Waals surface area contributed by atoms with Gasteiger partial charge in [0.1, 0.15) is 5.82 Å². The molecule has 1 aromatic carbocycles. The molecule has 3 heteroatoms. The van der Waals surface area contributed by atoms with Crippen LogP contribution in [0.2, 0.25) is 0 Å². The smallest absolute Gasteiger partial charge is 0.152 e. The molecular formula is C15H22FNO. The lowest BCUT2D eigenvalue weighted by Gasteiger charge is -2.29. The first-order valence-electron chi connectivity index (χ1n) is 6.44. The Balaban J connectivity index is 3.14. The lowest BCUT2D eigenvalue weighted by Crippen LogP contribution is -2.32. The Kier molecular flexibility index (Phi) is 5.32. The van der Waals surface area contributed by atoms with Gasteiger partial charge < -0.3 is 4.90 Å². The molecule has 0 aliphatic heterocycles. The number of carbonyl (C=O) groups excluding carboxylic acids is 1. The molecule has 0 N–H and O–H groups in total. The van der Waals surface area contributed by atoms with Crippen LogP contribution in [0.4, 0.5) is 10.1 Å². The van der Waals surface area contributed by atoms with E-state index in [1.807, 2.05) is 4.90 Å². The van der Waals surface area contributed by atoms with Gasteiger partial charge in [-0.1, -0.05) is 33.8 Å². The Morgan fingerprint density at radius 1 is 1.17 bits per heavy atom. The molecule has 0 heterocycles. The number of halogens is 1. The highest BCUT2D eigenvalue weighted by Crippen LogP contribution is 2.25. The summed E-state index contributed by atoms with van der Waals surface area (Å²) >= 11 is 0. The molecule has 0 aliphatic carbocycles. The molecule has 0 bridgehead atoms. The number of hydrogen-bond donors (Lipinski definition) is 0. The molecule has 0 saturated carbocycles. The average molecular weight is 251 g/mol. The topological polar surface area (TPSA) is 20.3 Å².